The van der Waals surface area contributed by atoms with Gasteiger partial charge in [0.05, 0.1) is 0 Å². The number of amides is 2. The van der Waals surface area contributed by atoms with Gasteiger partial charge in [0, 0.05) is 19.5 Å². The number of rotatable bonds is 10. The predicted molar refractivity (Wildman–Crippen MR) is 136 cm³/mol. The second-order valence-electron chi connectivity index (χ2n) is 9.21. The van der Waals surface area contributed by atoms with Crippen LogP contribution in [0.2, 0.25) is 0 Å². The van der Waals surface area contributed by atoms with E-state index in [2.05, 4.69) is 43.4 Å². The minimum atomic E-state index is -0.481. The van der Waals surface area contributed by atoms with Gasteiger partial charge in [0.2, 0.25) is 11.8 Å². The van der Waals surface area contributed by atoms with Crippen LogP contribution in [0.4, 0.5) is 0 Å². The highest BCUT2D eigenvalue weighted by Gasteiger charge is 2.28. The summed E-state index contributed by atoms with van der Waals surface area (Å²) in [6.07, 6.45) is 1.60. The molecule has 2 amide bonds. The average Bonchev–Trinajstić information content (AvgIpc) is 2.82. The fourth-order valence-corrected chi connectivity index (χ4v) is 4.13. The van der Waals surface area contributed by atoms with Crippen LogP contribution in [0.3, 0.4) is 0 Å². The first-order valence-electron chi connectivity index (χ1n) is 12.0. The molecule has 4 nitrogen and oxygen atoms in total. The molecule has 0 aliphatic heterocycles. The molecule has 3 aromatic rings. The topological polar surface area (TPSA) is 49.4 Å². The van der Waals surface area contributed by atoms with Crippen molar-refractivity contribution < 1.29 is 9.59 Å². The van der Waals surface area contributed by atoms with E-state index in [1.54, 1.807) is 4.90 Å². The molecule has 0 unspecified atom stereocenters. The Morgan fingerprint density at radius 2 is 1.64 bits per heavy atom. The number of carbonyl (C=O) groups excluding carboxylic acids is 2. The maximum Gasteiger partial charge on any atom is 0.242 e. The fourth-order valence-electron chi connectivity index (χ4n) is 4.13. The van der Waals surface area contributed by atoms with Crippen LogP contribution < -0.4 is 5.32 Å². The number of benzene rings is 3. The third kappa shape index (κ3) is 6.67. The van der Waals surface area contributed by atoms with E-state index >= 15 is 0 Å². The van der Waals surface area contributed by atoms with Crippen LogP contribution in [0.15, 0.2) is 66.7 Å². The summed E-state index contributed by atoms with van der Waals surface area (Å²) in [4.78, 5) is 28.3. The molecule has 0 radical (unpaired) electrons. The lowest BCUT2D eigenvalue weighted by Crippen LogP contribution is -2.49. The number of nitrogens with zero attached hydrogens (tertiary/aromatic N) is 1. The summed E-state index contributed by atoms with van der Waals surface area (Å²) in [6.45, 7) is 9.20. The lowest BCUT2D eigenvalue weighted by molar-refractivity contribution is -0.141. The van der Waals surface area contributed by atoms with Crippen molar-refractivity contribution in [2.75, 3.05) is 6.54 Å². The summed E-state index contributed by atoms with van der Waals surface area (Å²) in [5, 5.41) is 5.39. The highest BCUT2D eigenvalue weighted by molar-refractivity contribution is 5.89. The minimum absolute atomic E-state index is 0.00931. The second-order valence-corrected chi connectivity index (χ2v) is 9.21. The molecule has 1 atom stereocenters. The van der Waals surface area contributed by atoms with Crippen molar-refractivity contribution in [1.29, 1.82) is 0 Å². The smallest absolute Gasteiger partial charge is 0.242 e. The molecule has 4 heteroatoms. The Labute approximate surface area is 198 Å². The summed E-state index contributed by atoms with van der Waals surface area (Å²) in [7, 11) is 0. The number of hydrogen-bond donors (Lipinski definition) is 1. The monoisotopic (exact) mass is 444 g/mol. The van der Waals surface area contributed by atoms with Crippen LogP contribution in [0.5, 0.6) is 0 Å². The zero-order chi connectivity index (χ0) is 23.8. The van der Waals surface area contributed by atoms with Crippen molar-refractivity contribution in [2.24, 2.45) is 5.92 Å². The molecule has 33 heavy (non-hydrogen) atoms. The zero-order valence-electron chi connectivity index (χ0n) is 20.3. The molecule has 3 rings (SSSR count). The molecule has 0 spiro atoms. The van der Waals surface area contributed by atoms with Gasteiger partial charge in [-0.3, -0.25) is 9.59 Å². The largest absolute Gasteiger partial charge is 0.354 e. The molecule has 1 N–H and O–H groups in total. The van der Waals surface area contributed by atoms with Crippen molar-refractivity contribution >= 4 is 22.6 Å². The maximum atomic E-state index is 13.5. The van der Waals surface area contributed by atoms with E-state index in [-0.39, 0.29) is 11.8 Å². The third-order valence-corrected chi connectivity index (χ3v) is 6.03. The summed E-state index contributed by atoms with van der Waals surface area (Å²) in [6, 6.07) is 22.2. The van der Waals surface area contributed by atoms with Crippen LogP contribution in [-0.2, 0) is 22.6 Å². The highest BCUT2D eigenvalue weighted by Crippen LogP contribution is 2.21. The van der Waals surface area contributed by atoms with Gasteiger partial charge in [-0.2, -0.15) is 0 Å². The molecule has 0 saturated heterocycles. The highest BCUT2D eigenvalue weighted by atomic mass is 16.2. The molecule has 0 aromatic heterocycles. The van der Waals surface area contributed by atoms with E-state index in [4.69, 9.17) is 0 Å². The van der Waals surface area contributed by atoms with Gasteiger partial charge < -0.3 is 10.2 Å². The van der Waals surface area contributed by atoms with Crippen molar-refractivity contribution in [3.8, 4) is 0 Å². The van der Waals surface area contributed by atoms with Crippen molar-refractivity contribution in [2.45, 2.75) is 59.5 Å². The number of carbonyl (C=O) groups is 2. The molecule has 0 fully saturated rings. The molecule has 0 heterocycles. The van der Waals surface area contributed by atoms with Crippen molar-refractivity contribution in [3.05, 3.63) is 83.4 Å². The third-order valence-electron chi connectivity index (χ3n) is 6.03. The molecule has 0 bridgehead atoms. The molecule has 0 aliphatic carbocycles. The quantitative estimate of drug-likeness (QED) is 0.439. The Kier molecular flexibility index (Phi) is 8.65. The first kappa shape index (κ1) is 24.5. The molecule has 0 aliphatic rings. The predicted octanol–water partition coefficient (Wildman–Crippen LogP) is 5.66. The number of nitrogens with one attached hydrogen (secondary N) is 1. The second kappa shape index (κ2) is 11.6. The number of hydrogen-bond acceptors (Lipinski definition) is 2. The van der Waals surface area contributed by atoms with Gasteiger partial charge >= 0.3 is 0 Å². The van der Waals surface area contributed by atoms with E-state index in [9.17, 15) is 9.59 Å². The van der Waals surface area contributed by atoms with Gasteiger partial charge in [-0.15, -0.1) is 0 Å². The fraction of sp³-hybridized carbons (Fsp3) is 0.379. The summed E-state index contributed by atoms with van der Waals surface area (Å²) >= 11 is 0. The molecular formula is C29H36N2O2. The Balaban J connectivity index is 1.81. The van der Waals surface area contributed by atoms with Crippen LogP contribution >= 0.6 is 0 Å². The average molecular weight is 445 g/mol. The van der Waals surface area contributed by atoms with Crippen molar-refractivity contribution in [1.82, 2.24) is 10.2 Å². The number of fused-ring (bicyclic) bond motifs is 1. The van der Waals surface area contributed by atoms with Gasteiger partial charge in [-0.05, 0) is 47.6 Å². The molecule has 0 saturated carbocycles. The first-order valence-corrected chi connectivity index (χ1v) is 12.0. The Bertz CT molecular complexity index is 1070. The van der Waals surface area contributed by atoms with Gasteiger partial charge in [-0.25, -0.2) is 0 Å². The van der Waals surface area contributed by atoms with Crippen LogP contribution in [-0.4, -0.2) is 29.3 Å². The van der Waals surface area contributed by atoms with Crippen LogP contribution in [0.25, 0.3) is 10.8 Å². The van der Waals surface area contributed by atoms with Gasteiger partial charge in [0.15, 0.2) is 0 Å². The van der Waals surface area contributed by atoms with Gasteiger partial charge in [-0.1, -0.05) is 93.1 Å². The van der Waals surface area contributed by atoms with E-state index in [1.807, 2.05) is 56.3 Å². The Morgan fingerprint density at radius 1 is 0.939 bits per heavy atom. The molecule has 3 aromatic carbocycles. The Hall–Kier alpha value is -3.14. The molecular weight excluding hydrogens is 408 g/mol. The van der Waals surface area contributed by atoms with E-state index < -0.39 is 6.04 Å². The minimum Gasteiger partial charge on any atom is -0.354 e. The van der Waals surface area contributed by atoms with E-state index in [0.717, 1.165) is 11.1 Å². The Morgan fingerprint density at radius 3 is 2.33 bits per heavy atom. The van der Waals surface area contributed by atoms with Crippen molar-refractivity contribution in [3.63, 3.8) is 0 Å². The lowest BCUT2D eigenvalue weighted by atomic mass is 10.00. The lowest BCUT2D eigenvalue weighted by Gasteiger charge is -2.31. The number of aryl methyl sites for hydroxylation is 2. The van der Waals surface area contributed by atoms with E-state index in [0.29, 0.717) is 38.3 Å². The molecule has 174 valence electrons. The normalized spacial score (nSPS) is 12.0. The maximum absolute atomic E-state index is 13.5. The summed E-state index contributed by atoms with van der Waals surface area (Å²) < 4.78 is 0. The summed E-state index contributed by atoms with van der Waals surface area (Å²) in [5.41, 5.74) is 3.37. The SMILES string of the molecule is CC[C@H](C(=O)NCC(C)C)N(Cc1ccc(C)cc1)C(=O)CCc1cccc2ccccc12. The van der Waals surface area contributed by atoms with E-state index in [1.165, 1.54) is 16.3 Å². The summed E-state index contributed by atoms with van der Waals surface area (Å²) in [5.74, 6) is 0.297. The van der Waals surface area contributed by atoms with Crippen LogP contribution in [0.1, 0.15) is 50.3 Å². The first-order chi connectivity index (χ1) is 15.9. The van der Waals surface area contributed by atoms with Gasteiger partial charge in [0.25, 0.3) is 0 Å². The van der Waals surface area contributed by atoms with Crippen LogP contribution in [0, 0.1) is 12.8 Å². The zero-order valence-corrected chi connectivity index (χ0v) is 20.3. The van der Waals surface area contributed by atoms with Gasteiger partial charge in [0.1, 0.15) is 6.04 Å². The standard InChI is InChI=1S/C29H36N2O2/c1-5-27(29(33)30-19-21(2)3)31(20-23-15-13-22(4)14-16-23)28(32)18-17-25-11-8-10-24-9-6-7-12-26(24)25/h6-16,21,27H,5,17-20H2,1-4H3,(H,30,33)/t27-/m1/s1.